The first-order chi connectivity index (χ1) is 9.75. The number of carboxylic acids is 1. The van der Waals surface area contributed by atoms with Crippen molar-refractivity contribution in [2.24, 2.45) is 5.73 Å². The van der Waals surface area contributed by atoms with E-state index in [4.69, 9.17) is 10.8 Å². The van der Waals surface area contributed by atoms with Gasteiger partial charge in [0.15, 0.2) is 0 Å². The van der Waals surface area contributed by atoms with E-state index in [2.05, 4.69) is 4.98 Å². The van der Waals surface area contributed by atoms with Crippen molar-refractivity contribution in [2.75, 3.05) is 0 Å². The zero-order valence-electron chi connectivity index (χ0n) is 12.5. The van der Waals surface area contributed by atoms with Crippen LogP contribution < -0.4 is 11.4 Å². The van der Waals surface area contributed by atoms with Gasteiger partial charge in [-0.25, -0.2) is 4.79 Å². The molecule has 0 aliphatic rings. The number of carboxylic acid groups (broad SMARTS) is 1. The fourth-order valence-corrected chi connectivity index (χ4v) is 2.40. The molecular formula is C14H21N3O4. The monoisotopic (exact) mass is 295 g/mol. The van der Waals surface area contributed by atoms with Crippen LogP contribution in [0.4, 0.5) is 0 Å². The third-order valence-electron chi connectivity index (χ3n) is 3.54. The molecule has 0 fully saturated rings. The van der Waals surface area contributed by atoms with E-state index in [9.17, 15) is 14.4 Å². The maximum absolute atomic E-state index is 11.9. The van der Waals surface area contributed by atoms with Gasteiger partial charge in [-0.1, -0.05) is 0 Å². The second-order valence-electron chi connectivity index (χ2n) is 5.11. The van der Waals surface area contributed by atoms with Gasteiger partial charge in [-0.3, -0.25) is 14.2 Å². The van der Waals surface area contributed by atoms with Gasteiger partial charge in [-0.05, 0) is 33.6 Å². The molecule has 1 unspecified atom stereocenters. The van der Waals surface area contributed by atoms with Gasteiger partial charge in [0.2, 0.25) is 5.91 Å². The molecule has 0 saturated heterocycles. The highest BCUT2D eigenvalue weighted by molar-refractivity contribution is 5.76. The van der Waals surface area contributed by atoms with Crippen molar-refractivity contribution in [3.63, 3.8) is 0 Å². The predicted molar refractivity (Wildman–Crippen MR) is 77.1 cm³/mol. The smallest absolute Gasteiger partial charge is 0.347 e. The zero-order chi connectivity index (χ0) is 16.2. The van der Waals surface area contributed by atoms with Crippen molar-refractivity contribution < 1.29 is 14.7 Å². The summed E-state index contributed by atoms with van der Waals surface area (Å²) in [4.78, 5) is 37.7. The summed E-state index contributed by atoms with van der Waals surface area (Å²) < 4.78 is 1.46. The summed E-state index contributed by atoms with van der Waals surface area (Å²) in [7, 11) is 0. The number of nitrogens with zero attached hydrogens (tertiary/aromatic N) is 2. The van der Waals surface area contributed by atoms with E-state index in [-0.39, 0.29) is 12.3 Å². The topological polar surface area (TPSA) is 115 Å². The normalized spacial score (nSPS) is 12.1. The van der Waals surface area contributed by atoms with Gasteiger partial charge in [0.05, 0.1) is 5.92 Å². The number of amides is 1. The molecule has 1 amide bonds. The van der Waals surface area contributed by atoms with Gasteiger partial charge in [-0.15, -0.1) is 0 Å². The van der Waals surface area contributed by atoms with E-state index >= 15 is 0 Å². The number of aryl methyl sites for hydroxylation is 1. The van der Waals surface area contributed by atoms with E-state index in [1.807, 2.05) is 0 Å². The summed E-state index contributed by atoms with van der Waals surface area (Å²) in [5.74, 6) is -2.06. The molecule has 116 valence electrons. The molecule has 0 aromatic carbocycles. The molecule has 21 heavy (non-hydrogen) atoms. The Morgan fingerprint density at radius 2 is 1.95 bits per heavy atom. The van der Waals surface area contributed by atoms with E-state index < -0.39 is 17.6 Å². The molecule has 1 atom stereocenters. The number of aliphatic carboxylic acids is 1. The SMILES string of the molecule is Cc1nc(=O)n(CCCCC(N)=O)c(C)c1C(C)C(=O)O. The lowest BCUT2D eigenvalue weighted by Crippen LogP contribution is -2.29. The van der Waals surface area contributed by atoms with E-state index in [0.717, 1.165) is 0 Å². The van der Waals surface area contributed by atoms with Crippen LogP contribution in [0, 0.1) is 13.8 Å². The highest BCUT2D eigenvalue weighted by Gasteiger charge is 2.21. The summed E-state index contributed by atoms with van der Waals surface area (Å²) in [6, 6.07) is 0. The molecule has 0 aliphatic heterocycles. The van der Waals surface area contributed by atoms with E-state index in [1.165, 1.54) is 4.57 Å². The quantitative estimate of drug-likeness (QED) is 0.718. The third kappa shape index (κ3) is 4.14. The first-order valence-electron chi connectivity index (χ1n) is 6.84. The van der Waals surface area contributed by atoms with Crippen molar-refractivity contribution in [3.05, 3.63) is 27.4 Å². The molecule has 0 radical (unpaired) electrons. The van der Waals surface area contributed by atoms with E-state index in [0.29, 0.717) is 36.3 Å². The average molecular weight is 295 g/mol. The Balaban J connectivity index is 3.04. The van der Waals surface area contributed by atoms with Gasteiger partial charge < -0.3 is 10.8 Å². The Bertz CT molecular complexity index is 607. The maximum Gasteiger partial charge on any atom is 0.347 e. The number of nitrogens with two attached hydrogens (primary N) is 1. The molecule has 0 saturated carbocycles. The maximum atomic E-state index is 11.9. The predicted octanol–water partition coefficient (Wildman–Crippen LogP) is 0.704. The fraction of sp³-hybridized carbons (Fsp3) is 0.571. The van der Waals surface area contributed by atoms with Crippen molar-refractivity contribution in [3.8, 4) is 0 Å². The molecule has 0 bridgehead atoms. The van der Waals surface area contributed by atoms with Gasteiger partial charge in [-0.2, -0.15) is 4.98 Å². The number of hydrogen-bond donors (Lipinski definition) is 2. The van der Waals surface area contributed by atoms with Gasteiger partial charge >= 0.3 is 11.7 Å². The van der Waals surface area contributed by atoms with Crippen LogP contribution in [0.25, 0.3) is 0 Å². The molecule has 1 rings (SSSR count). The zero-order valence-corrected chi connectivity index (χ0v) is 12.5. The number of carbonyl (C=O) groups excluding carboxylic acids is 1. The summed E-state index contributed by atoms with van der Waals surface area (Å²) >= 11 is 0. The number of unbranched alkanes of at least 4 members (excludes halogenated alkanes) is 1. The first kappa shape index (κ1) is 16.9. The summed E-state index contributed by atoms with van der Waals surface area (Å²) in [6.07, 6.45) is 1.46. The molecule has 7 heteroatoms. The number of carbonyl (C=O) groups is 2. The molecule has 7 nitrogen and oxygen atoms in total. The van der Waals surface area contributed by atoms with Crippen LogP contribution in [-0.4, -0.2) is 26.5 Å². The van der Waals surface area contributed by atoms with Crippen LogP contribution in [0.15, 0.2) is 4.79 Å². The van der Waals surface area contributed by atoms with Crippen LogP contribution in [0.3, 0.4) is 0 Å². The third-order valence-corrected chi connectivity index (χ3v) is 3.54. The summed E-state index contributed by atoms with van der Waals surface area (Å²) in [6.45, 7) is 5.32. The minimum atomic E-state index is -0.957. The molecule has 0 spiro atoms. The van der Waals surface area contributed by atoms with Crippen molar-refractivity contribution in [1.29, 1.82) is 0 Å². The lowest BCUT2D eigenvalue weighted by atomic mass is 9.98. The Labute approximate surface area is 122 Å². The Morgan fingerprint density at radius 3 is 2.48 bits per heavy atom. The number of rotatable bonds is 7. The Morgan fingerprint density at radius 1 is 1.33 bits per heavy atom. The molecule has 3 N–H and O–H groups in total. The first-order valence-corrected chi connectivity index (χ1v) is 6.84. The minimum Gasteiger partial charge on any atom is -0.481 e. The highest BCUT2D eigenvalue weighted by atomic mass is 16.4. The van der Waals surface area contributed by atoms with Gasteiger partial charge in [0, 0.05) is 29.9 Å². The Kier molecular flexibility index (Phi) is 5.63. The van der Waals surface area contributed by atoms with Crippen LogP contribution >= 0.6 is 0 Å². The largest absolute Gasteiger partial charge is 0.481 e. The van der Waals surface area contributed by atoms with Crippen LogP contribution in [0.5, 0.6) is 0 Å². The number of primary amides is 1. The summed E-state index contributed by atoms with van der Waals surface area (Å²) in [5, 5.41) is 9.15. The Hall–Kier alpha value is -2.18. The summed E-state index contributed by atoms with van der Waals surface area (Å²) in [5.41, 5.74) is 6.29. The lowest BCUT2D eigenvalue weighted by Gasteiger charge is -2.17. The van der Waals surface area contributed by atoms with Crippen molar-refractivity contribution in [1.82, 2.24) is 9.55 Å². The van der Waals surface area contributed by atoms with Crippen LogP contribution in [0.1, 0.15) is 49.1 Å². The highest BCUT2D eigenvalue weighted by Crippen LogP contribution is 2.21. The number of aromatic nitrogens is 2. The molecule has 1 heterocycles. The van der Waals surface area contributed by atoms with Crippen LogP contribution in [-0.2, 0) is 16.1 Å². The molecular weight excluding hydrogens is 274 g/mol. The standard InChI is InChI=1S/C14H21N3O4/c1-8(13(19)20)12-9(2)16-14(21)17(10(12)3)7-5-4-6-11(15)18/h8H,4-7H2,1-3H3,(H2,15,18)(H,19,20). The lowest BCUT2D eigenvalue weighted by molar-refractivity contribution is -0.138. The number of hydrogen-bond acceptors (Lipinski definition) is 4. The minimum absolute atomic E-state index is 0.269. The average Bonchev–Trinajstić information content (AvgIpc) is 2.36. The van der Waals surface area contributed by atoms with Crippen molar-refractivity contribution in [2.45, 2.75) is 52.5 Å². The van der Waals surface area contributed by atoms with Crippen LogP contribution in [0.2, 0.25) is 0 Å². The van der Waals surface area contributed by atoms with Crippen molar-refractivity contribution >= 4 is 11.9 Å². The van der Waals surface area contributed by atoms with E-state index in [1.54, 1.807) is 20.8 Å². The molecule has 1 aromatic rings. The second kappa shape index (κ2) is 7.01. The van der Waals surface area contributed by atoms with Gasteiger partial charge in [0.1, 0.15) is 0 Å². The molecule has 1 aromatic heterocycles. The fourth-order valence-electron chi connectivity index (χ4n) is 2.40. The van der Waals surface area contributed by atoms with Gasteiger partial charge in [0.25, 0.3) is 0 Å². The molecule has 0 aliphatic carbocycles. The second-order valence-corrected chi connectivity index (χ2v) is 5.11.